The number of nitrogens with two attached hydrogens (primary N) is 1. The van der Waals surface area contributed by atoms with E-state index < -0.39 is 4.92 Å². The normalized spacial score (nSPS) is 11.9. The molecule has 0 radical (unpaired) electrons. The standard InChI is InChI=1S/C15H16N2O3/c1-2-14(16)13-5-3-4-6-15(13)20-12-9-7-11(8-10-12)17(18)19/h3-10,14H,2,16H2,1H3/t14-/m0/s1. The van der Waals surface area contributed by atoms with E-state index in [1.807, 2.05) is 31.2 Å². The summed E-state index contributed by atoms with van der Waals surface area (Å²) in [5.74, 6) is 1.22. The molecule has 1 atom stereocenters. The van der Waals surface area contributed by atoms with Gasteiger partial charge in [-0.25, -0.2) is 0 Å². The van der Waals surface area contributed by atoms with E-state index in [1.54, 1.807) is 12.1 Å². The molecule has 2 rings (SSSR count). The number of ether oxygens (including phenoxy) is 1. The van der Waals surface area contributed by atoms with Crippen LogP contribution in [0.25, 0.3) is 0 Å². The molecule has 0 spiro atoms. The molecule has 0 heterocycles. The summed E-state index contributed by atoms with van der Waals surface area (Å²) in [6.45, 7) is 2.01. The Bertz CT molecular complexity index is 596. The first-order valence-corrected chi connectivity index (χ1v) is 6.38. The molecule has 0 aromatic heterocycles. The molecule has 0 aliphatic carbocycles. The maximum absolute atomic E-state index is 10.6. The summed E-state index contributed by atoms with van der Waals surface area (Å²) in [6.07, 6.45) is 0.806. The van der Waals surface area contributed by atoms with Gasteiger partial charge in [0, 0.05) is 23.7 Å². The van der Waals surface area contributed by atoms with Gasteiger partial charge in [0.25, 0.3) is 5.69 Å². The minimum absolute atomic E-state index is 0.0379. The van der Waals surface area contributed by atoms with E-state index in [0.717, 1.165) is 12.0 Å². The van der Waals surface area contributed by atoms with E-state index in [9.17, 15) is 10.1 Å². The average Bonchev–Trinajstić information content (AvgIpc) is 2.47. The van der Waals surface area contributed by atoms with Gasteiger partial charge < -0.3 is 10.5 Å². The molecule has 0 saturated carbocycles. The Kier molecular flexibility index (Phi) is 4.32. The third-order valence-electron chi connectivity index (χ3n) is 3.03. The van der Waals surface area contributed by atoms with Gasteiger partial charge >= 0.3 is 0 Å². The summed E-state index contributed by atoms with van der Waals surface area (Å²) < 4.78 is 5.76. The number of para-hydroxylation sites is 1. The Morgan fingerprint density at radius 2 is 1.85 bits per heavy atom. The molecule has 5 heteroatoms. The molecule has 104 valence electrons. The molecule has 0 saturated heterocycles. The van der Waals surface area contributed by atoms with E-state index in [0.29, 0.717) is 11.5 Å². The van der Waals surface area contributed by atoms with Crippen molar-refractivity contribution in [1.29, 1.82) is 0 Å². The van der Waals surface area contributed by atoms with E-state index in [2.05, 4.69) is 0 Å². The van der Waals surface area contributed by atoms with Crippen LogP contribution in [0.4, 0.5) is 5.69 Å². The molecule has 0 bridgehead atoms. The number of rotatable bonds is 5. The van der Waals surface area contributed by atoms with E-state index >= 15 is 0 Å². The SMILES string of the molecule is CC[C@H](N)c1ccccc1Oc1ccc([N+](=O)[O-])cc1. The predicted octanol–water partition coefficient (Wildman–Crippen LogP) is 3.80. The molecule has 5 nitrogen and oxygen atoms in total. The summed E-state index contributed by atoms with van der Waals surface area (Å²) in [5, 5.41) is 10.6. The third-order valence-corrected chi connectivity index (χ3v) is 3.03. The second-order valence-corrected chi connectivity index (χ2v) is 4.41. The van der Waals surface area contributed by atoms with E-state index in [1.165, 1.54) is 12.1 Å². The van der Waals surface area contributed by atoms with Crippen molar-refractivity contribution < 1.29 is 9.66 Å². The molecule has 0 fully saturated rings. The zero-order valence-electron chi connectivity index (χ0n) is 11.2. The molecule has 20 heavy (non-hydrogen) atoms. The van der Waals surface area contributed by atoms with E-state index in [-0.39, 0.29) is 11.7 Å². The highest BCUT2D eigenvalue weighted by molar-refractivity contribution is 5.42. The Morgan fingerprint density at radius 1 is 1.20 bits per heavy atom. The van der Waals surface area contributed by atoms with Crippen molar-refractivity contribution in [2.45, 2.75) is 19.4 Å². The molecule has 2 aromatic rings. The smallest absolute Gasteiger partial charge is 0.269 e. The van der Waals surface area contributed by atoms with Crippen LogP contribution in [0, 0.1) is 10.1 Å². The summed E-state index contributed by atoms with van der Waals surface area (Å²) in [4.78, 5) is 10.2. The van der Waals surface area contributed by atoms with Crippen molar-refractivity contribution in [3.05, 3.63) is 64.2 Å². The number of benzene rings is 2. The second-order valence-electron chi connectivity index (χ2n) is 4.41. The highest BCUT2D eigenvalue weighted by Crippen LogP contribution is 2.30. The number of nitro groups is 1. The van der Waals surface area contributed by atoms with Crippen molar-refractivity contribution in [1.82, 2.24) is 0 Å². The number of non-ortho nitro benzene ring substituents is 1. The Morgan fingerprint density at radius 3 is 2.45 bits per heavy atom. The Labute approximate surface area is 117 Å². The number of hydrogen-bond acceptors (Lipinski definition) is 4. The van der Waals surface area contributed by atoms with Gasteiger partial charge in [-0.3, -0.25) is 10.1 Å². The first-order chi connectivity index (χ1) is 9.61. The van der Waals surface area contributed by atoms with Crippen LogP contribution in [0.3, 0.4) is 0 Å². The van der Waals surface area contributed by atoms with Crippen molar-refractivity contribution in [2.24, 2.45) is 5.73 Å². The summed E-state index contributed by atoms with van der Waals surface area (Å²) in [5.41, 5.74) is 7.01. The first-order valence-electron chi connectivity index (χ1n) is 6.38. The Balaban J connectivity index is 2.23. The van der Waals surface area contributed by atoms with Gasteiger partial charge in [0.2, 0.25) is 0 Å². The second kappa shape index (κ2) is 6.16. The molecular formula is C15H16N2O3. The summed E-state index contributed by atoms with van der Waals surface area (Å²) >= 11 is 0. The molecule has 0 unspecified atom stereocenters. The van der Waals surface area contributed by atoms with Crippen LogP contribution in [0.1, 0.15) is 24.9 Å². The van der Waals surface area contributed by atoms with Crippen molar-refractivity contribution in [2.75, 3.05) is 0 Å². The van der Waals surface area contributed by atoms with Crippen molar-refractivity contribution in [3.63, 3.8) is 0 Å². The summed E-state index contributed by atoms with van der Waals surface area (Å²) in [7, 11) is 0. The largest absolute Gasteiger partial charge is 0.457 e. The number of nitro benzene ring substituents is 1. The lowest BCUT2D eigenvalue weighted by Gasteiger charge is -2.15. The fourth-order valence-corrected chi connectivity index (χ4v) is 1.86. The maximum atomic E-state index is 10.6. The van der Waals surface area contributed by atoms with Crippen LogP contribution in [0.15, 0.2) is 48.5 Å². The maximum Gasteiger partial charge on any atom is 0.269 e. The van der Waals surface area contributed by atoms with Crippen molar-refractivity contribution in [3.8, 4) is 11.5 Å². The van der Waals surface area contributed by atoms with Gasteiger partial charge in [0.1, 0.15) is 11.5 Å². The lowest BCUT2D eigenvalue weighted by Crippen LogP contribution is -2.09. The average molecular weight is 272 g/mol. The predicted molar refractivity (Wildman–Crippen MR) is 76.8 cm³/mol. The van der Waals surface area contributed by atoms with Gasteiger partial charge in [-0.15, -0.1) is 0 Å². The molecule has 0 amide bonds. The molecule has 2 N–H and O–H groups in total. The molecule has 0 aliphatic heterocycles. The minimum atomic E-state index is -0.440. The zero-order valence-corrected chi connectivity index (χ0v) is 11.2. The monoisotopic (exact) mass is 272 g/mol. The lowest BCUT2D eigenvalue weighted by molar-refractivity contribution is -0.384. The quantitative estimate of drug-likeness (QED) is 0.663. The Hall–Kier alpha value is -2.40. The first kappa shape index (κ1) is 14.0. The number of hydrogen-bond donors (Lipinski definition) is 1. The van der Waals surface area contributed by atoms with Crippen molar-refractivity contribution >= 4 is 5.69 Å². The van der Waals surface area contributed by atoms with Crippen LogP contribution in [-0.4, -0.2) is 4.92 Å². The molecular weight excluding hydrogens is 256 g/mol. The lowest BCUT2D eigenvalue weighted by atomic mass is 10.0. The topological polar surface area (TPSA) is 78.4 Å². The molecule has 0 aliphatic rings. The van der Waals surface area contributed by atoms with Gasteiger partial charge in [-0.2, -0.15) is 0 Å². The van der Waals surface area contributed by atoms with Gasteiger partial charge in [0.05, 0.1) is 4.92 Å². The third kappa shape index (κ3) is 3.13. The minimum Gasteiger partial charge on any atom is -0.457 e. The fraction of sp³-hybridized carbons (Fsp3) is 0.200. The van der Waals surface area contributed by atoms with E-state index in [4.69, 9.17) is 10.5 Å². The highest BCUT2D eigenvalue weighted by Gasteiger charge is 2.11. The summed E-state index contributed by atoms with van der Waals surface area (Å²) in [6, 6.07) is 13.4. The van der Waals surface area contributed by atoms with Gasteiger partial charge in [0.15, 0.2) is 0 Å². The van der Waals surface area contributed by atoms with Crippen LogP contribution < -0.4 is 10.5 Å². The van der Waals surface area contributed by atoms with Crippen LogP contribution in [-0.2, 0) is 0 Å². The van der Waals surface area contributed by atoms with Crippen LogP contribution in [0.5, 0.6) is 11.5 Å². The fourth-order valence-electron chi connectivity index (χ4n) is 1.86. The van der Waals surface area contributed by atoms with Crippen LogP contribution in [0.2, 0.25) is 0 Å². The zero-order chi connectivity index (χ0) is 14.5. The highest BCUT2D eigenvalue weighted by atomic mass is 16.6. The van der Waals surface area contributed by atoms with Gasteiger partial charge in [-0.05, 0) is 24.6 Å². The van der Waals surface area contributed by atoms with Gasteiger partial charge in [-0.1, -0.05) is 25.1 Å². The van der Waals surface area contributed by atoms with Crippen LogP contribution >= 0.6 is 0 Å². The number of nitrogens with zero attached hydrogens (tertiary/aromatic N) is 1. The molecule has 2 aromatic carbocycles.